The second-order valence-electron chi connectivity index (χ2n) is 6.38. The highest BCUT2D eigenvalue weighted by Crippen LogP contribution is 2.30. The van der Waals surface area contributed by atoms with E-state index in [2.05, 4.69) is 17.0 Å². The van der Waals surface area contributed by atoms with E-state index in [1.54, 1.807) is 7.11 Å². The molecule has 3 nitrogen and oxygen atoms in total. The molecule has 0 aromatic heterocycles. The van der Waals surface area contributed by atoms with Gasteiger partial charge in [-0.3, -0.25) is 9.69 Å². The van der Waals surface area contributed by atoms with Gasteiger partial charge >= 0.3 is 0 Å². The first-order chi connectivity index (χ1) is 11.8. The molecular formula is C21H25NO2. The molecular weight excluding hydrogens is 298 g/mol. The number of Topliss-reactive ketones (excluding diaryl/α,β-unsaturated/α-hetero) is 1. The second-order valence-corrected chi connectivity index (χ2v) is 6.38. The maximum Gasteiger partial charge on any atom is 0.164 e. The van der Waals surface area contributed by atoms with Crippen molar-refractivity contribution < 1.29 is 9.53 Å². The van der Waals surface area contributed by atoms with Gasteiger partial charge in [0, 0.05) is 18.0 Å². The molecule has 126 valence electrons. The summed E-state index contributed by atoms with van der Waals surface area (Å²) in [6.07, 6.45) is 4.24. The fourth-order valence-corrected chi connectivity index (χ4v) is 3.43. The first-order valence-electron chi connectivity index (χ1n) is 8.74. The molecule has 0 spiro atoms. The minimum Gasteiger partial charge on any atom is -0.497 e. The number of hydrogen-bond acceptors (Lipinski definition) is 3. The molecule has 3 rings (SSSR count). The largest absolute Gasteiger partial charge is 0.497 e. The monoisotopic (exact) mass is 323 g/mol. The first-order valence-corrected chi connectivity index (χ1v) is 8.74. The van der Waals surface area contributed by atoms with Crippen molar-refractivity contribution in [1.29, 1.82) is 0 Å². The number of hydrogen-bond donors (Lipinski definition) is 0. The van der Waals surface area contributed by atoms with Gasteiger partial charge in [-0.1, -0.05) is 48.9 Å². The van der Waals surface area contributed by atoms with Crippen LogP contribution in [0.3, 0.4) is 0 Å². The number of benzene rings is 2. The number of ketones is 1. The predicted molar refractivity (Wildman–Crippen MR) is 96.5 cm³/mol. The van der Waals surface area contributed by atoms with E-state index in [0.717, 1.165) is 24.4 Å². The third kappa shape index (κ3) is 4.04. The van der Waals surface area contributed by atoms with Crippen molar-refractivity contribution in [3.8, 4) is 5.75 Å². The van der Waals surface area contributed by atoms with Crippen LogP contribution >= 0.6 is 0 Å². The van der Waals surface area contributed by atoms with Crippen LogP contribution in [-0.2, 0) is 0 Å². The van der Waals surface area contributed by atoms with Gasteiger partial charge in [-0.2, -0.15) is 0 Å². The summed E-state index contributed by atoms with van der Waals surface area (Å²) in [5, 5.41) is 0. The molecule has 1 aliphatic rings. The van der Waals surface area contributed by atoms with E-state index in [9.17, 15) is 4.79 Å². The molecule has 2 aromatic rings. The minimum absolute atomic E-state index is 0.143. The molecule has 0 amide bonds. The number of nitrogens with zero attached hydrogens (tertiary/aromatic N) is 1. The zero-order valence-corrected chi connectivity index (χ0v) is 14.3. The highest BCUT2D eigenvalue weighted by molar-refractivity contribution is 5.96. The van der Waals surface area contributed by atoms with Crippen LogP contribution in [0, 0.1) is 0 Å². The quantitative estimate of drug-likeness (QED) is 0.733. The van der Waals surface area contributed by atoms with Gasteiger partial charge in [0.05, 0.1) is 7.11 Å². The Hall–Kier alpha value is -2.13. The Kier molecular flexibility index (Phi) is 5.65. The van der Waals surface area contributed by atoms with Gasteiger partial charge in [0.15, 0.2) is 5.78 Å². The number of carbonyl (C=O) groups is 1. The van der Waals surface area contributed by atoms with Crippen molar-refractivity contribution in [2.24, 2.45) is 0 Å². The number of ether oxygens (including phenoxy) is 1. The maximum absolute atomic E-state index is 12.7. The zero-order chi connectivity index (χ0) is 16.8. The van der Waals surface area contributed by atoms with Gasteiger partial charge in [0.1, 0.15) is 5.75 Å². The lowest BCUT2D eigenvalue weighted by molar-refractivity contribution is 0.0895. The van der Waals surface area contributed by atoms with Crippen LogP contribution in [0.2, 0.25) is 0 Å². The molecule has 0 bridgehead atoms. The Morgan fingerprint density at radius 1 is 1.00 bits per heavy atom. The van der Waals surface area contributed by atoms with E-state index in [1.807, 2.05) is 42.5 Å². The molecule has 1 fully saturated rings. The molecule has 1 aliphatic heterocycles. The Balaban J connectivity index is 1.82. The van der Waals surface area contributed by atoms with Crippen LogP contribution in [0.25, 0.3) is 0 Å². The van der Waals surface area contributed by atoms with E-state index >= 15 is 0 Å². The van der Waals surface area contributed by atoms with Gasteiger partial charge in [0.2, 0.25) is 0 Å². The van der Waals surface area contributed by atoms with Crippen molar-refractivity contribution in [2.45, 2.75) is 31.7 Å². The standard InChI is InChI=1S/C21H25NO2/c1-24-19-12-10-17(11-13-19)20(22-14-6-3-7-15-22)16-21(23)18-8-4-2-5-9-18/h2,4-5,8-13,20H,3,6-7,14-16H2,1H3. The highest BCUT2D eigenvalue weighted by atomic mass is 16.5. The highest BCUT2D eigenvalue weighted by Gasteiger charge is 2.25. The zero-order valence-electron chi connectivity index (χ0n) is 14.3. The fraction of sp³-hybridized carbons (Fsp3) is 0.381. The van der Waals surface area contributed by atoms with Gasteiger partial charge in [0.25, 0.3) is 0 Å². The molecule has 0 aliphatic carbocycles. The molecule has 0 radical (unpaired) electrons. The van der Waals surface area contributed by atoms with Crippen LogP contribution < -0.4 is 4.74 Å². The normalized spacial score (nSPS) is 16.5. The average Bonchev–Trinajstić information content (AvgIpc) is 2.67. The van der Waals surface area contributed by atoms with Crippen LogP contribution in [0.4, 0.5) is 0 Å². The lowest BCUT2D eigenvalue weighted by Crippen LogP contribution is -2.35. The summed E-state index contributed by atoms with van der Waals surface area (Å²) in [6.45, 7) is 2.14. The minimum atomic E-state index is 0.143. The Morgan fingerprint density at radius 3 is 2.29 bits per heavy atom. The molecule has 24 heavy (non-hydrogen) atoms. The summed E-state index contributed by atoms with van der Waals surface area (Å²) in [5.41, 5.74) is 2.00. The number of piperidine rings is 1. The third-order valence-electron chi connectivity index (χ3n) is 4.81. The van der Waals surface area contributed by atoms with Crippen LogP contribution in [0.15, 0.2) is 54.6 Å². The van der Waals surface area contributed by atoms with Crippen molar-refractivity contribution in [1.82, 2.24) is 4.90 Å². The summed E-state index contributed by atoms with van der Waals surface area (Å²) in [6, 6.07) is 17.9. The van der Waals surface area contributed by atoms with E-state index in [1.165, 1.54) is 24.8 Å². The van der Waals surface area contributed by atoms with Crippen LogP contribution in [0.5, 0.6) is 5.75 Å². The summed E-state index contributed by atoms with van der Waals surface area (Å²) >= 11 is 0. The van der Waals surface area contributed by atoms with Crippen LogP contribution in [0.1, 0.15) is 47.6 Å². The molecule has 0 N–H and O–H groups in total. The molecule has 1 atom stereocenters. The maximum atomic E-state index is 12.7. The summed E-state index contributed by atoms with van der Waals surface area (Å²) < 4.78 is 5.26. The second kappa shape index (κ2) is 8.11. The van der Waals surface area contributed by atoms with Crippen LogP contribution in [-0.4, -0.2) is 30.9 Å². The SMILES string of the molecule is COc1ccc(C(CC(=O)c2ccccc2)N2CCCCC2)cc1. The molecule has 3 heteroatoms. The number of likely N-dealkylation sites (tertiary alicyclic amines) is 1. The van der Waals surface area contributed by atoms with Gasteiger partial charge in [-0.25, -0.2) is 0 Å². The molecule has 2 aromatic carbocycles. The van der Waals surface area contributed by atoms with E-state index < -0.39 is 0 Å². The van der Waals surface area contributed by atoms with Crippen molar-refractivity contribution in [3.63, 3.8) is 0 Å². The van der Waals surface area contributed by atoms with Gasteiger partial charge in [-0.15, -0.1) is 0 Å². The Morgan fingerprint density at radius 2 is 1.67 bits per heavy atom. The lowest BCUT2D eigenvalue weighted by atomic mass is 9.94. The van der Waals surface area contributed by atoms with Gasteiger partial charge in [-0.05, 0) is 43.6 Å². The first kappa shape index (κ1) is 16.7. The van der Waals surface area contributed by atoms with Crippen molar-refractivity contribution in [3.05, 3.63) is 65.7 Å². The van der Waals surface area contributed by atoms with E-state index in [-0.39, 0.29) is 11.8 Å². The average molecular weight is 323 g/mol. The summed E-state index contributed by atoms with van der Waals surface area (Å²) in [5.74, 6) is 1.06. The van der Waals surface area contributed by atoms with Crippen molar-refractivity contribution in [2.75, 3.05) is 20.2 Å². The number of methoxy groups -OCH3 is 1. The van der Waals surface area contributed by atoms with E-state index in [4.69, 9.17) is 4.74 Å². The Bertz CT molecular complexity index is 645. The number of carbonyl (C=O) groups excluding carboxylic acids is 1. The molecule has 1 unspecified atom stereocenters. The summed E-state index contributed by atoms with van der Waals surface area (Å²) in [7, 11) is 1.68. The third-order valence-corrected chi connectivity index (χ3v) is 4.81. The number of rotatable bonds is 6. The Labute approximate surface area is 144 Å². The fourth-order valence-electron chi connectivity index (χ4n) is 3.43. The smallest absolute Gasteiger partial charge is 0.164 e. The lowest BCUT2D eigenvalue weighted by Gasteiger charge is -2.34. The van der Waals surface area contributed by atoms with Crippen molar-refractivity contribution >= 4 is 5.78 Å². The predicted octanol–water partition coefficient (Wildman–Crippen LogP) is 4.50. The van der Waals surface area contributed by atoms with E-state index in [0.29, 0.717) is 6.42 Å². The molecule has 0 saturated carbocycles. The molecule has 1 heterocycles. The van der Waals surface area contributed by atoms with Gasteiger partial charge < -0.3 is 4.74 Å². The summed E-state index contributed by atoms with van der Waals surface area (Å²) in [4.78, 5) is 15.2. The molecule has 1 saturated heterocycles. The topological polar surface area (TPSA) is 29.5 Å².